The third kappa shape index (κ3) is 9.24. The molecule has 9 nitrogen and oxygen atoms in total. The van der Waals surface area contributed by atoms with Crippen molar-refractivity contribution in [3.63, 3.8) is 0 Å². The Balaban J connectivity index is 2.18. The molecular weight excluding hydrogens is 506 g/mol. The lowest BCUT2D eigenvalue weighted by atomic mass is 10.1. The van der Waals surface area contributed by atoms with E-state index in [2.05, 4.69) is 5.32 Å². The molecule has 0 aliphatic carbocycles. The van der Waals surface area contributed by atoms with Crippen molar-refractivity contribution in [3.8, 4) is 11.5 Å². The third-order valence-corrected chi connectivity index (χ3v) is 7.44. The second kappa shape index (κ2) is 14.6. The molecule has 0 aliphatic rings. The SMILES string of the molecule is CCOc1ccc(N(CCCC(=O)N(Cc2cccc(OC)c2)[C@H](C)C(=O)N[C@H](C)CC)S(C)(=O)=O)cc1. The van der Waals surface area contributed by atoms with Crippen LogP contribution in [0.3, 0.4) is 0 Å². The zero-order chi connectivity index (χ0) is 28.3. The Morgan fingerprint density at radius 1 is 1.03 bits per heavy atom. The summed E-state index contributed by atoms with van der Waals surface area (Å²) < 4.78 is 37.1. The van der Waals surface area contributed by atoms with Crippen molar-refractivity contribution in [1.82, 2.24) is 10.2 Å². The number of hydrogen-bond acceptors (Lipinski definition) is 6. The summed E-state index contributed by atoms with van der Waals surface area (Å²) >= 11 is 0. The molecule has 2 aromatic rings. The molecule has 0 unspecified atom stereocenters. The maximum Gasteiger partial charge on any atom is 0.242 e. The monoisotopic (exact) mass is 547 g/mol. The molecule has 0 aliphatic heterocycles. The Labute approximate surface area is 227 Å². The average Bonchev–Trinajstić information content (AvgIpc) is 2.89. The van der Waals surface area contributed by atoms with Crippen LogP contribution in [0.4, 0.5) is 5.69 Å². The van der Waals surface area contributed by atoms with E-state index in [-0.39, 0.29) is 43.8 Å². The van der Waals surface area contributed by atoms with E-state index < -0.39 is 16.1 Å². The summed E-state index contributed by atoms with van der Waals surface area (Å²) in [5, 5.41) is 2.95. The molecule has 210 valence electrons. The van der Waals surface area contributed by atoms with Crippen molar-refractivity contribution in [2.75, 3.05) is 30.8 Å². The minimum atomic E-state index is -3.57. The van der Waals surface area contributed by atoms with Crippen LogP contribution in [0.1, 0.15) is 52.5 Å². The largest absolute Gasteiger partial charge is 0.497 e. The number of carbonyl (C=O) groups is 2. The fourth-order valence-electron chi connectivity index (χ4n) is 3.89. The molecule has 2 aromatic carbocycles. The molecule has 2 rings (SSSR count). The van der Waals surface area contributed by atoms with Crippen LogP contribution in [0, 0.1) is 0 Å². The predicted octanol–water partition coefficient (Wildman–Crippen LogP) is 3.97. The van der Waals surface area contributed by atoms with Crippen molar-refractivity contribution in [2.24, 2.45) is 0 Å². The van der Waals surface area contributed by atoms with Crippen LogP contribution < -0.4 is 19.1 Å². The molecular formula is C28H41N3O6S. The summed E-state index contributed by atoms with van der Waals surface area (Å²) in [6.07, 6.45) is 2.28. The number of nitrogens with one attached hydrogen (secondary N) is 1. The summed E-state index contributed by atoms with van der Waals surface area (Å²) in [7, 11) is -2.00. The molecule has 2 amide bonds. The van der Waals surface area contributed by atoms with Gasteiger partial charge in [0.05, 0.1) is 25.7 Å². The van der Waals surface area contributed by atoms with Crippen LogP contribution >= 0.6 is 0 Å². The normalized spacial score (nSPS) is 12.8. The zero-order valence-corrected chi connectivity index (χ0v) is 24.1. The molecule has 0 saturated heterocycles. The Bertz CT molecular complexity index is 1150. The van der Waals surface area contributed by atoms with Gasteiger partial charge in [0.15, 0.2) is 0 Å². The topological polar surface area (TPSA) is 105 Å². The smallest absolute Gasteiger partial charge is 0.242 e. The summed E-state index contributed by atoms with van der Waals surface area (Å²) in [5.41, 5.74) is 1.32. The van der Waals surface area contributed by atoms with Gasteiger partial charge in [0.25, 0.3) is 0 Å². The first-order valence-electron chi connectivity index (χ1n) is 12.9. The van der Waals surface area contributed by atoms with Gasteiger partial charge in [0.1, 0.15) is 17.5 Å². The number of nitrogens with zero attached hydrogens (tertiary/aromatic N) is 2. The van der Waals surface area contributed by atoms with E-state index in [1.165, 1.54) is 9.21 Å². The second-order valence-corrected chi connectivity index (χ2v) is 11.1. The Kier molecular flexibility index (Phi) is 11.9. The number of carbonyl (C=O) groups excluding carboxylic acids is 2. The molecule has 0 heterocycles. The van der Waals surface area contributed by atoms with Crippen LogP contribution in [0.25, 0.3) is 0 Å². The molecule has 0 bridgehead atoms. The Hall–Kier alpha value is -3.27. The number of hydrogen-bond donors (Lipinski definition) is 1. The summed E-state index contributed by atoms with van der Waals surface area (Å²) in [5.74, 6) is 0.839. The molecule has 0 radical (unpaired) electrons. The molecule has 0 aromatic heterocycles. The number of amides is 2. The van der Waals surface area contributed by atoms with Crippen LogP contribution in [0.2, 0.25) is 0 Å². The highest BCUT2D eigenvalue weighted by molar-refractivity contribution is 7.92. The van der Waals surface area contributed by atoms with E-state index in [0.29, 0.717) is 23.8 Å². The van der Waals surface area contributed by atoms with E-state index in [9.17, 15) is 18.0 Å². The van der Waals surface area contributed by atoms with Gasteiger partial charge in [-0.25, -0.2) is 8.42 Å². The second-order valence-electron chi connectivity index (χ2n) is 9.23. The highest BCUT2D eigenvalue weighted by atomic mass is 32.2. The standard InChI is InChI=1S/C28H41N3O6S/c1-7-21(3)29-28(33)22(4)30(20-23-11-9-12-26(19-23)36-5)27(32)13-10-18-31(38(6,34)35)24-14-16-25(17-15-24)37-8-2/h9,11-12,14-17,19,21-22H,7-8,10,13,18,20H2,1-6H3,(H,29,33)/t21-,22-/m1/s1. The third-order valence-electron chi connectivity index (χ3n) is 6.24. The fraction of sp³-hybridized carbons (Fsp3) is 0.500. The van der Waals surface area contributed by atoms with E-state index >= 15 is 0 Å². The molecule has 38 heavy (non-hydrogen) atoms. The first-order valence-corrected chi connectivity index (χ1v) is 14.8. The van der Waals surface area contributed by atoms with Gasteiger partial charge in [0.2, 0.25) is 21.8 Å². The highest BCUT2D eigenvalue weighted by Gasteiger charge is 2.27. The van der Waals surface area contributed by atoms with Gasteiger partial charge in [-0.15, -0.1) is 0 Å². The van der Waals surface area contributed by atoms with E-state index in [4.69, 9.17) is 9.47 Å². The van der Waals surface area contributed by atoms with Gasteiger partial charge in [-0.2, -0.15) is 0 Å². The van der Waals surface area contributed by atoms with Crippen LogP contribution in [-0.4, -0.2) is 63.7 Å². The molecule has 0 fully saturated rings. The van der Waals surface area contributed by atoms with Gasteiger partial charge in [-0.1, -0.05) is 19.1 Å². The van der Waals surface area contributed by atoms with Gasteiger partial charge in [-0.3, -0.25) is 13.9 Å². The predicted molar refractivity (Wildman–Crippen MR) is 150 cm³/mol. The maximum absolute atomic E-state index is 13.4. The van der Waals surface area contributed by atoms with Crippen LogP contribution in [-0.2, 0) is 26.2 Å². The number of sulfonamides is 1. The maximum atomic E-state index is 13.4. The number of rotatable bonds is 15. The molecule has 1 N–H and O–H groups in total. The first-order chi connectivity index (χ1) is 18.0. The van der Waals surface area contributed by atoms with E-state index in [1.54, 1.807) is 38.3 Å². The summed E-state index contributed by atoms with van der Waals surface area (Å²) in [6, 6.07) is 13.4. The number of anilines is 1. The summed E-state index contributed by atoms with van der Waals surface area (Å²) in [6.45, 7) is 8.33. The zero-order valence-electron chi connectivity index (χ0n) is 23.3. The van der Waals surface area contributed by atoms with E-state index in [0.717, 1.165) is 18.2 Å². The number of benzene rings is 2. The quantitative estimate of drug-likeness (QED) is 0.362. The molecule has 0 spiro atoms. The molecule has 2 atom stereocenters. The lowest BCUT2D eigenvalue weighted by Crippen LogP contribution is -2.49. The Morgan fingerprint density at radius 3 is 2.29 bits per heavy atom. The lowest BCUT2D eigenvalue weighted by Gasteiger charge is -2.30. The number of methoxy groups -OCH3 is 1. The minimum absolute atomic E-state index is 0.0174. The minimum Gasteiger partial charge on any atom is -0.497 e. The molecule has 10 heteroatoms. The van der Waals surface area contributed by atoms with Gasteiger partial charge < -0.3 is 19.7 Å². The van der Waals surface area contributed by atoms with Crippen molar-refractivity contribution < 1.29 is 27.5 Å². The highest BCUT2D eigenvalue weighted by Crippen LogP contribution is 2.23. The summed E-state index contributed by atoms with van der Waals surface area (Å²) in [4.78, 5) is 27.9. The lowest BCUT2D eigenvalue weighted by molar-refractivity contribution is -0.140. The van der Waals surface area contributed by atoms with Crippen molar-refractivity contribution in [2.45, 2.75) is 65.6 Å². The van der Waals surface area contributed by atoms with Gasteiger partial charge in [0, 0.05) is 25.6 Å². The van der Waals surface area contributed by atoms with Crippen LogP contribution in [0.5, 0.6) is 11.5 Å². The van der Waals surface area contributed by atoms with Crippen LogP contribution in [0.15, 0.2) is 48.5 Å². The first kappa shape index (κ1) is 31.0. The van der Waals surface area contributed by atoms with Gasteiger partial charge in [-0.05, 0) is 75.6 Å². The van der Waals surface area contributed by atoms with Crippen molar-refractivity contribution in [3.05, 3.63) is 54.1 Å². The average molecular weight is 548 g/mol. The van der Waals surface area contributed by atoms with Gasteiger partial charge >= 0.3 is 0 Å². The van der Waals surface area contributed by atoms with Crippen molar-refractivity contribution >= 4 is 27.5 Å². The van der Waals surface area contributed by atoms with Crippen molar-refractivity contribution in [1.29, 1.82) is 0 Å². The number of ether oxygens (including phenoxy) is 2. The Morgan fingerprint density at radius 2 is 1.71 bits per heavy atom. The fourth-order valence-corrected chi connectivity index (χ4v) is 4.86. The van der Waals surface area contributed by atoms with E-state index in [1.807, 2.05) is 45.0 Å². The molecule has 0 saturated carbocycles.